The molecule has 0 bridgehead atoms. The van der Waals surface area contributed by atoms with Crippen molar-refractivity contribution in [2.24, 2.45) is 9.98 Å². The van der Waals surface area contributed by atoms with Gasteiger partial charge in [0.05, 0.1) is 11.4 Å². The molecule has 0 saturated heterocycles. The molecule has 216 valence electrons. The highest BCUT2D eigenvalue weighted by Gasteiger charge is 2.20. The highest BCUT2D eigenvalue weighted by atomic mass is 16.3. The molecule has 0 radical (unpaired) electrons. The minimum Gasteiger partial charge on any atom is -0.455 e. The van der Waals surface area contributed by atoms with Crippen LogP contribution in [0.5, 0.6) is 0 Å². The van der Waals surface area contributed by atoms with E-state index in [0.29, 0.717) is 12.3 Å². The maximum absolute atomic E-state index is 6.67. The Labute approximate surface area is 266 Å². The highest BCUT2D eigenvalue weighted by Crippen LogP contribution is 2.39. The van der Waals surface area contributed by atoms with Crippen LogP contribution in [0.1, 0.15) is 23.1 Å². The van der Waals surface area contributed by atoms with Crippen molar-refractivity contribution < 1.29 is 4.42 Å². The van der Waals surface area contributed by atoms with Gasteiger partial charge in [-0.3, -0.25) is 0 Å². The molecular weight excluding hydrogens is 560 g/mol. The molecule has 46 heavy (non-hydrogen) atoms. The number of fused-ring (bicyclic) bond motifs is 5. The van der Waals surface area contributed by atoms with Crippen LogP contribution in [0.3, 0.4) is 0 Å². The van der Waals surface area contributed by atoms with E-state index < -0.39 is 0 Å². The van der Waals surface area contributed by atoms with Gasteiger partial charge in [0.15, 0.2) is 5.84 Å². The van der Waals surface area contributed by atoms with E-state index in [1.807, 2.05) is 18.2 Å². The first kappa shape index (κ1) is 26.4. The topological polar surface area (TPSA) is 37.9 Å². The first-order chi connectivity index (χ1) is 22.8. The number of nitrogens with zero attached hydrogens (tertiary/aromatic N) is 2. The van der Waals surface area contributed by atoms with E-state index >= 15 is 0 Å². The average Bonchev–Trinajstić information content (AvgIpc) is 3.36. The summed E-state index contributed by atoms with van der Waals surface area (Å²) in [7, 11) is 0. The van der Waals surface area contributed by atoms with Crippen molar-refractivity contribution in [1.29, 1.82) is 0 Å². The first-order valence-electron chi connectivity index (χ1n) is 15.6. The third kappa shape index (κ3) is 4.53. The number of hydrogen-bond donors (Lipinski definition) is 0. The molecule has 0 N–H and O–H groups in total. The van der Waals surface area contributed by atoms with E-state index in [4.69, 9.17) is 14.4 Å². The number of para-hydroxylation sites is 1. The summed E-state index contributed by atoms with van der Waals surface area (Å²) >= 11 is 0. The molecule has 0 fully saturated rings. The van der Waals surface area contributed by atoms with Gasteiger partial charge >= 0.3 is 0 Å². The highest BCUT2D eigenvalue weighted by molar-refractivity contribution is 6.24. The van der Waals surface area contributed by atoms with Crippen molar-refractivity contribution in [1.82, 2.24) is 0 Å². The van der Waals surface area contributed by atoms with Gasteiger partial charge in [0.25, 0.3) is 0 Å². The SMILES string of the molecule is C1=C(c2ccc3ccccc3c2)N=C(c2cccc3oc4c(-c5ccc6ccccc6c5)cccc4c23)N=C(c2ccccc2)C1. The Balaban J connectivity index is 1.25. The van der Waals surface area contributed by atoms with Gasteiger partial charge in [-0.1, -0.05) is 140 Å². The second kappa shape index (κ2) is 10.8. The Morgan fingerprint density at radius 3 is 1.91 bits per heavy atom. The molecule has 0 aliphatic carbocycles. The van der Waals surface area contributed by atoms with Crippen molar-refractivity contribution in [3.8, 4) is 11.1 Å². The summed E-state index contributed by atoms with van der Waals surface area (Å²) in [6, 6.07) is 53.1. The lowest BCUT2D eigenvalue weighted by Gasteiger charge is -2.08. The van der Waals surface area contributed by atoms with Gasteiger partial charge in [-0.25, -0.2) is 9.98 Å². The van der Waals surface area contributed by atoms with Crippen molar-refractivity contribution in [2.45, 2.75) is 6.42 Å². The molecule has 1 aromatic heterocycles. The number of benzene rings is 7. The van der Waals surface area contributed by atoms with Gasteiger partial charge in [0, 0.05) is 33.9 Å². The maximum Gasteiger partial charge on any atom is 0.160 e. The van der Waals surface area contributed by atoms with E-state index in [1.54, 1.807) is 0 Å². The van der Waals surface area contributed by atoms with Gasteiger partial charge < -0.3 is 4.42 Å². The van der Waals surface area contributed by atoms with Crippen molar-refractivity contribution >= 4 is 60.7 Å². The van der Waals surface area contributed by atoms with Crippen LogP contribution in [-0.4, -0.2) is 11.5 Å². The lowest BCUT2D eigenvalue weighted by molar-refractivity contribution is 0.670. The predicted octanol–water partition coefficient (Wildman–Crippen LogP) is 11.2. The maximum atomic E-state index is 6.67. The average molecular weight is 589 g/mol. The van der Waals surface area contributed by atoms with Crippen molar-refractivity contribution in [3.05, 3.63) is 174 Å². The molecule has 0 atom stereocenters. The summed E-state index contributed by atoms with van der Waals surface area (Å²) in [5.41, 5.74) is 8.90. The van der Waals surface area contributed by atoms with E-state index in [2.05, 4.69) is 140 Å². The van der Waals surface area contributed by atoms with Gasteiger partial charge in [0.2, 0.25) is 0 Å². The van der Waals surface area contributed by atoms with Crippen molar-refractivity contribution in [2.75, 3.05) is 0 Å². The number of furan rings is 1. The number of allylic oxidation sites excluding steroid dienone is 1. The molecule has 3 heteroatoms. The van der Waals surface area contributed by atoms with Crippen LogP contribution in [0.2, 0.25) is 0 Å². The van der Waals surface area contributed by atoms with Crippen LogP contribution in [0.25, 0.3) is 60.3 Å². The Kier molecular flexibility index (Phi) is 6.20. The number of rotatable bonds is 4. The molecule has 2 heterocycles. The van der Waals surface area contributed by atoms with Gasteiger partial charge in [-0.15, -0.1) is 0 Å². The summed E-state index contributed by atoms with van der Waals surface area (Å²) in [6.45, 7) is 0. The molecule has 0 amide bonds. The van der Waals surface area contributed by atoms with Gasteiger partial charge in [0.1, 0.15) is 11.2 Å². The zero-order valence-electron chi connectivity index (χ0n) is 25.0. The Bertz CT molecular complexity index is 2550. The predicted molar refractivity (Wildman–Crippen MR) is 193 cm³/mol. The summed E-state index contributed by atoms with van der Waals surface area (Å²) in [5, 5.41) is 6.90. The van der Waals surface area contributed by atoms with Crippen LogP contribution in [-0.2, 0) is 0 Å². The summed E-state index contributed by atoms with van der Waals surface area (Å²) < 4.78 is 6.67. The molecule has 1 aliphatic heterocycles. The van der Waals surface area contributed by atoms with Crippen LogP contribution < -0.4 is 0 Å². The molecule has 1 aliphatic rings. The molecule has 0 spiro atoms. The standard InChI is InChI=1S/C43H28N2O/c1-2-12-30(13-3-1)38-24-25-39(34-23-21-29-11-5-7-15-32(29)27-34)45-43(44-38)37-18-9-19-40-41(37)36-17-8-16-35(42(36)46-40)33-22-20-28-10-4-6-14-31(28)26-33/h1-23,25-27H,24H2. The Morgan fingerprint density at radius 2 is 1.13 bits per heavy atom. The van der Waals surface area contributed by atoms with E-state index in [0.717, 1.165) is 61.2 Å². The molecule has 0 saturated carbocycles. The van der Waals surface area contributed by atoms with E-state index in [1.165, 1.54) is 21.5 Å². The zero-order chi connectivity index (χ0) is 30.5. The van der Waals surface area contributed by atoms with E-state index in [-0.39, 0.29) is 0 Å². The summed E-state index contributed by atoms with van der Waals surface area (Å²) in [4.78, 5) is 10.6. The number of amidine groups is 1. The second-order valence-electron chi connectivity index (χ2n) is 11.7. The van der Waals surface area contributed by atoms with E-state index in [9.17, 15) is 0 Å². The number of aliphatic imine (C=N–C) groups is 2. The molecule has 8 aromatic rings. The van der Waals surface area contributed by atoms with Crippen molar-refractivity contribution in [3.63, 3.8) is 0 Å². The van der Waals surface area contributed by atoms with Crippen LogP contribution in [0.15, 0.2) is 172 Å². The fraction of sp³-hybridized carbons (Fsp3) is 0.0233. The molecule has 9 rings (SSSR count). The molecular formula is C43H28N2O. The normalized spacial score (nSPS) is 13.5. The quantitative estimate of drug-likeness (QED) is 0.201. The third-order valence-electron chi connectivity index (χ3n) is 8.93. The largest absolute Gasteiger partial charge is 0.455 e. The van der Waals surface area contributed by atoms with Gasteiger partial charge in [-0.05, 0) is 50.9 Å². The lowest BCUT2D eigenvalue weighted by atomic mass is 9.98. The monoisotopic (exact) mass is 588 g/mol. The fourth-order valence-electron chi connectivity index (χ4n) is 6.63. The number of hydrogen-bond acceptors (Lipinski definition) is 3. The molecule has 0 unspecified atom stereocenters. The second-order valence-corrected chi connectivity index (χ2v) is 11.7. The molecule has 3 nitrogen and oxygen atoms in total. The zero-order valence-corrected chi connectivity index (χ0v) is 25.0. The first-order valence-corrected chi connectivity index (χ1v) is 15.6. The lowest BCUT2D eigenvalue weighted by Crippen LogP contribution is -2.05. The molecule has 7 aromatic carbocycles. The summed E-state index contributed by atoms with van der Waals surface area (Å²) in [5.74, 6) is 0.681. The fourth-order valence-corrected chi connectivity index (χ4v) is 6.63. The smallest absolute Gasteiger partial charge is 0.160 e. The summed E-state index contributed by atoms with van der Waals surface area (Å²) in [6.07, 6.45) is 2.88. The third-order valence-corrected chi connectivity index (χ3v) is 8.93. The minimum absolute atomic E-state index is 0.674. The van der Waals surface area contributed by atoms with Gasteiger partial charge in [-0.2, -0.15) is 0 Å². The van der Waals surface area contributed by atoms with Crippen LogP contribution in [0.4, 0.5) is 0 Å². The Morgan fingerprint density at radius 1 is 0.478 bits per heavy atom. The van der Waals surface area contributed by atoms with Crippen LogP contribution >= 0.6 is 0 Å². The Hall–Kier alpha value is -6.06. The minimum atomic E-state index is 0.674. The van der Waals surface area contributed by atoms with Crippen LogP contribution in [0, 0.1) is 0 Å².